The number of nitrogens with zero attached hydrogens (tertiary/aromatic N) is 2. The van der Waals surface area contributed by atoms with Crippen molar-refractivity contribution in [3.8, 4) is 0 Å². The molecular formula is C39H66N2O11. The standard InChI is InChI=1S/C39H66N2O11/c1-3-5-7-9-11-13-15-19-23-49-35-31(42)29(51-37(46)33(35)44)25-40-27-21-17-18-22-28(27)41(39(40)48)26-30-32(43)36(34(45)38(47)52-30)50-24-20-16-14-12-10-8-6-4-2/h17-18,21-22,29-38,42-47H,3-16,19-20,23-26H2,1-2H3/t29-,30-,31-,32-,33-,34-,35+,36+,37+,38+/m1/s1. The summed E-state index contributed by atoms with van der Waals surface area (Å²) < 4.78 is 25.8. The number of aromatic nitrogens is 2. The molecule has 2 aliphatic rings. The van der Waals surface area contributed by atoms with Crippen LogP contribution < -0.4 is 5.69 Å². The van der Waals surface area contributed by atoms with Gasteiger partial charge in [-0.05, 0) is 25.0 Å². The molecule has 0 unspecified atom stereocenters. The summed E-state index contributed by atoms with van der Waals surface area (Å²) in [6.07, 6.45) is 4.53. The number of rotatable bonds is 24. The second-order valence-electron chi connectivity index (χ2n) is 14.7. The third-order valence-corrected chi connectivity index (χ3v) is 10.6. The van der Waals surface area contributed by atoms with Gasteiger partial charge in [-0.15, -0.1) is 0 Å². The van der Waals surface area contributed by atoms with E-state index >= 15 is 0 Å². The second-order valence-corrected chi connectivity index (χ2v) is 14.7. The van der Waals surface area contributed by atoms with Gasteiger partial charge in [-0.1, -0.05) is 116 Å². The molecule has 2 aliphatic heterocycles. The number of benzene rings is 1. The van der Waals surface area contributed by atoms with E-state index in [2.05, 4.69) is 13.8 Å². The lowest BCUT2D eigenvalue weighted by atomic mass is 9.98. The minimum Gasteiger partial charge on any atom is -0.388 e. The first-order valence-electron chi connectivity index (χ1n) is 20.0. The van der Waals surface area contributed by atoms with Crippen molar-refractivity contribution >= 4 is 11.0 Å². The lowest BCUT2D eigenvalue weighted by Gasteiger charge is -2.40. The van der Waals surface area contributed by atoms with E-state index in [-0.39, 0.29) is 13.1 Å². The molecule has 4 rings (SSSR count). The molecule has 0 aliphatic carbocycles. The van der Waals surface area contributed by atoms with Crippen LogP contribution in [0.25, 0.3) is 11.0 Å². The molecule has 0 saturated carbocycles. The van der Waals surface area contributed by atoms with Gasteiger partial charge >= 0.3 is 5.69 Å². The molecule has 52 heavy (non-hydrogen) atoms. The summed E-state index contributed by atoms with van der Waals surface area (Å²) in [5.74, 6) is 0. The summed E-state index contributed by atoms with van der Waals surface area (Å²) >= 11 is 0. The van der Waals surface area contributed by atoms with Crippen LogP contribution in [0.2, 0.25) is 0 Å². The number of fused-ring (bicyclic) bond motifs is 1. The second kappa shape index (κ2) is 22.5. The number of unbranched alkanes of at least 4 members (excludes halogenated alkanes) is 14. The third-order valence-electron chi connectivity index (χ3n) is 10.6. The molecule has 1 aromatic heterocycles. The van der Waals surface area contributed by atoms with Crippen molar-refractivity contribution in [2.75, 3.05) is 13.2 Å². The van der Waals surface area contributed by atoms with Gasteiger partial charge in [0.2, 0.25) is 0 Å². The predicted octanol–water partition coefficient (Wildman–Crippen LogP) is 3.73. The molecule has 10 atom stereocenters. The Bertz CT molecular complexity index is 1240. The van der Waals surface area contributed by atoms with Gasteiger partial charge in [-0.2, -0.15) is 0 Å². The van der Waals surface area contributed by atoms with Gasteiger partial charge in [0.1, 0.15) is 48.8 Å². The van der Waals surface area contributed by atoms with Gasteiger partial charge in [0.05, 0.1) is 24.1 Å². The van der Waals surface area contributed by atoms with E-state index in [0.717, 1.165) is 51.4 Å². The van der Waals surface area contributed by atoms with Crippen LogP contribution in [0.15, 0.2) is 29.1 Å². The molecule has 13 heteroatoms. The van der Waals surface area contributed by atoms with Crippen LogP contribution in [0.1, 0.15) is 117 Å². The summed E-state index contributed by atoms with van der Waals surface area (Å²) in [4.78, 5) is 14.0. The Balaban J connectivity index is 1.37. The van der Waals surface area contributed by atoms with Crippen LogP contribution in [0, 0.1) is 0 Å². The van der Waals surface area contributed by atoms with Crippen molar-refractivity contribution in [1.82, 2.24) is 9.13 Å². The molecular weight excluding hydrogens is 672 g/mol. The summed E-state index contributed by atoms with van der Waals surface area (Å²) in [5.41, 5.74) is 0.518. The van der Waals surface area contributed by atoms with Crippen LogP contribution in [-0.2, 0) is 32.0 Å². The Morgan fingerprint density at radius 3 is 1.25 bits per heavy atom. The van der Waals surface area contributed by atoms with E-state index in [0.29, 0.717) is 24.2 Å². The molecule has 0 bridgehead atoms. The minimum absolute atomic E-state index is 0.158. The largest absolute Gasteiger partial charge is 0.388 e. The quantitative estimate of drug-likeness (QED) is 0.0863. The van der Waals surface area contributed by atoms with E-state index in [4.69, 9.17) is 18.9 Å². The van der Waals surface area contributed by atoms with Crippen LogP contribution >= 0.6 is 0 Å². The third kappa shape index (κ3) is 11.8. The smallest absolute Gasteiger partial charge is 0.329 e. The lowest BCUT2D eigenvalue weighted by molar-refractivity contribution is -0.292. The molecule has 2 aromatic rings. The zero-order valence-electron chi connectivity index (χ0n) is 31.3. The van der Waals surface area contributed by atoms with Crippen molar-refractivity contribution in [3.05, 3.63) is 34.7 Å². The average molecular weight is 739 g/mol. The van der Waals surface area contributed by atoms with Crippen LogP contribution in [-0.4, -0.2) is 114 Å². The Labute approximate surface area is 308 Å². The highest BCUT2D eigenvalue weighted by Gasteiger charge is 2.46. The topological polar surface area (TPSA) is 185 Å². The molecule has 0 amide bonds. The summed E-state index contributed by atoms with van der Waals surface area (Å²) in [6.45, 7) is 4.68. The van der Waals surface area contributed by atoms with Crippen LogP contribution in [0.4, 0.5) is 0 Å². The van der Waals surface area contributed by atoms with Crippen LogP contribution in [0.5, 0.6) is 0 Å². The highest BCUT2D eigenvalue weighted by atomic mass is 16.7. The number of para-hydroxylation sites is 2. The fraction of sp³-hybridized carbons (Fsp3) is 0.821. The molecule has 2 fully saturated rings. The summed E-state index contributed by atoms with van der Waals surface area (Å²) in [6, 6.07) is 6.99. The number of hydrogen-bond donors (Lipinski definition) is 6. The predicted molar refractivity (Wildman–Crippen MR) is 197 cm³/mol. The summed E-state index contributed by atoms with van der Waals surface area (Å²) in [5, 5.41) is 64.8. The van der Waals surface area contributed by atoms with Crippen molar-refractivity contribution in [1.29, 1.82) is 0 Å². The van der Waals surface area contributed by atoms with E-state index < -0.39 is 67.1 Å². The Kier molecular flexibility index (Phi) is 18.5. The molecule has 0 radical (unpaired) electrons. The SMILES string of the molecule is CCCCCCCCCCO[C@@H]1[C@@H](O)[C@@H](O)O[C@H](Cn2c(=O)n(C[C@H]3O[C@H](O)[C@H](O)[C@@H](OCCCCCCCCCC)[C@@H]3O)c3ccccc32)[C@H]1O. The van der Waals surface area contributed by atoms with Gasteiger partial charge < -0.3 is 49.6 Å². The molecule has 2 saturated heterocycles. The van der Waals surface area contributed by atoms with Crippen molar-refractivity contribution < 1.29 is 49.6 Å². The zero-order chi connectivity index (χ0) is 37.5. The van der Waals surface area contributed by atoms with Gasteiger partial charge in [-0.3, -0.25) is 9.13 Å². The molecule has 3 heterocycles. The average Bonchev–Trinajstić information content (AvgIpc) is 3.39. The zero-order valence-corrected chi connectivity index (χ0v) is 31.3. The first kappa shape index (κ1) is 42.8. The molecule has 6 N–H and O–H groups in total. The van der Waals surface area contributed by atoms with Gasteiger partial charge in [-0.25, -0.2) is 4.79 Å². The van der Waals surface area contributed by atoms with Gasteiger partial charge in [0.25, 0.3) is 0 Å². The fourth-order valence-corrected chi connectivity index (χ4v) is 7.42. The maximum absolute atomic E-state index is 14.0. The number of aliphatic hydroxyl groups excluding tert-OH is 6. The van der Waals surface area contributed by atoms with Gasteiger partial charge in [0.15, 0.2) is 12.6 Å². The maximum Gasteiger partial charge on any atom is 0.329 e. The normalized spacial score (nSPS) is 29.6. The van der Waals surface area contributed by atoms with Crippen molar-refractivity contribution in [2.24, 2.45) is 0 Å². The van der Waals surface area contributed by atoms with Gasteiger partial charge in [0, 0.05) is 13.2 Å². The van der Waals surface area contributed by atoms with E-state index in [1.165, 1.54) is 60.5 Å². The Morgan fingerprint density at radius 1 is 0.538 bits per heavy atom. The highest BCUT2D eigenvalue weighted by molar-refractivity contribution is 5.76. The van der Waals surface area contributed by atoms with Crippen LogP contribution in [0.3, 0.4) is 0 Å². The summed E-state index contributed by atoms with van der Waals surface area (Å²) in [7, 11) is 0. The van der Waals surface area contributed by atoms with E-state index in [1.807, 2.05) is 0 Å². The van der Waals surface area contributed by atoms with E-state index in [1.54, 1.807) is 24.3 Å². The molecule has 298 valence electrons. The first-order chi connectivity index (χ1) is 25.2. The van der Waals surface area contributed by atoms with Crippen molar-refractivity contribution in [2.45, 2.75) is 191 Å². The maximum atomic E-state index is 14.0. The fourth-order valence-electron chi connectivity index (χ4n) is 7.42. The number of hydrogen-bond acceptors (Lipinski definition) is 11. The molecule has 13 nitrogen and oxygen atoms in total. The molecule has 0 spiro atoms. The highest BCUT2D eigenvalue weighted by Crippen LogP contribution is 2.27. The minimum atomic E-state index is -1.62. The number of aliphatic hydroxyl groups is 6. The number of imidazole rings is 1. The number of ether oxygens (including phenoxy) is 4. The van der Waals surface area contributed by atoms with Crippen molar-refractivity contribution in [3.63, 3.8) is 0 Å². The lowest BCUT2D eigenvalue weighted by Crippen LogP contribution is -2.60. The Hall–Kier alpha value is -1.91. The van der Waals surface area contributed by atoms with E-state index in [9.17, 15) is 35.4 Å². The molecule has 1 aromatic carbocycles. The monoisotopic (exact) mass is 738 g/mol. The Morgan fingerprint density at radius 2 is 0.885 bits per heavy atom. The first-order valence-corrected chi connectivity index (χ1v) is 20.0.